The summed E-state index contributed by atoms with van der Waals surface area (Å²) in [4.78, 5) is 43.2. The molecule has 0 aliphatic rings. The van der Waals surface area contributed by atoms with Gasteiger partial charge < -0.3 is 26.5 Å². The number of pyridine rings is 1. The van der Waals surface area contributed by atoms with Crippen LogP contribution in [0.2, 0.25) is 0 Å². The molecule has 1 atom stereocenters. The van der Waals surface area contributed by atoms with E-state index in [1.807, 2.05) is 0 Å². The van der Waals surface area contributed by atoms with Crippen LogP contribution in [0.3, 0.4) is 0 Å². The first-order valence-electron chi connectivity index (χ1n) is 10.6. The summed E-state index contributed by atoms with van der Waals surface area (Å²) in [7, 11) is 0. The maximum atomic E-state index is 13.8. The molecule has 0 aliphatic carbocycles. The Kier molecular flexibility index (Phi) is 6.83. The predicted octanol–water partition coefficient (Wildman–Crippen LogP) is 2.65. The number of nitrogens with two attached hydrogens (primary N) is 2. The monoisotopic (exact) mass is 503 g/mol. The number of primary amides is 1. The second-order valence-electron chi connectivity index (χ2n) is 8.27. The van der Waals surface area contributed by atoms with Crippen molar-refractivity contribution in [3.63, 3.8) is 0 Å². The normalized spacial score (nSPS) is 13.2. The molecule has 36 heavy (non-hydrogen) atoms. The highest BCUT2D eigenvalue weighted by molar-refractivity contribution is 6.11. The minimum absolute atomic E-state index is 0.126. The molecule has 3 rings (SSSR count). The van der Waals surface area contributed by atoms with Crippen LogP contribution in [0, 0.1) is 20.8 Å². The number of carbonyl (C=O) groups is 3. The average molecular weight is 503 g/mol. The van der Waals surface area contributed by atoms with Crippen LogP contribution in [0.4, 0.5) is 19.0 Å². The molecule has 2 heterocycles. The van der Waals surface area contributed by atoms with Crippen LogP contribution in [0.1, 0.15) is 44.1 Å². The van der Waals surface area contributed by atoms with Crippen molar-refractivity contribution in [1.82, 2.24) is 14.9 Å². The largest absolute Gasteiger partial charge is 0.477 e. The van der Waals surface area contributed by atoms with Gasteiger partial charge >= 0.3 is 12.1 Å². The number of nitrogens with one attached hydrogen (secondary N) is 1. The van der Waals surface area contributed by atoms with Crippen molar-refractivity contribution in [2.45, 2.75) is 39.0 Å². The van der Waals surface area contributed by atoms with E-state index in [1.165, 1.54) is 26.0 Å². The first-order valence-corrected chi connectivity index (χ1v) is 10.6. The van der Waals surface area contributed by atoms with Crippen molar-refractivity contribution in [3.8, 4) is 0 Å². The number of carbonyl (C=O) groups excluding carboxylic acids is 2. The summed E-state index contributed by atoms with van der Waals surface area (Å²) in [5.41, 5.74) is 7.96. The number of carboxylic acids is 1. The van der Waals surface area contributed by atoms with Crippen LogP contribution in [0.5, 0.6) is 0 Å². The van der Waals surface area contributed by atoms with Gasteiger partial charge in [-0.15, -0.1) is 0 Å². The number of aromatic nitrogens is 2. The van der Waals surface area contributed by atoms with E-state index in [4.69, 9.17) is 11.5 Å². The number of hydrogen-bond donors (Lipinski definition) is 4. The van der Waals surface area contributed by atoms with Gasteiger partial charge in [-0.05, 0) is 61.7 Å². The molecule has 1 aromatic carbocycles. The van der Waals surface area contributed by atoms with Crippen molar-refractivity contribution < 1.29 is 32.7 Å². The number of anilines is 1. The van der Waals surface area contributed by atoms with E-state index in [1.54, 1.807) is 13.0 Å². The number of nitrogen functional groups attached to an aromatic ring is 1. The summed E-state index contributed by atoms with van der Waals surface area (Å²) in [5, 5.41) is 12.4. The fraction of sp³-hybridized carbons (Fsp3) is 0.250. The molecule has 9 nitrogen and oxygen atoms in total. The lowest BCUT2D eigenvalue weighted by molar-refractivity contribution is -0.140. The van der Waals surface area contributed by atoms with Crippen LogP contribution < -0.4 is 16.8 Å². The zero-order chi connectivity index (χ0) is 27.0. The van der Waals surface area contributed by atoms with E-state index in [-0.39, 0.29) is 23.6 Å². The minimum atomic E-state index is -4.81. The zero-order valence-electron chi connectivity index (χ0n) is 19.6. The van der Waals surface area contributed by atoms with Gasteiger partial charge in [0, 0.05) is 17.9 Å². The number of rotatable bonds is 7. The molecule has 3 aromatic rings. The van der Waals surface area contributed by atoms with Gasteiger partial charge in [0.1, 0.15) is 11.5 Å². The number of hydrogen-bond acceptors (Lipinski definition) is 5. The average Bonchev–Trinajstić information content (AvgIpc) is 3.07. The second kappa shape index (κ2) is 9.36. The lowest BCUT2D eigenvalue weighted by Gasteiger charge is -2.34. The van der Waals surface area contributed by atoms with Gasteiger partial charge in [0.15, 0.2) is 0 Å². The Morgan fingerprint density at radius 2 is 1.69 bits per heavy atom. The third-order valence-electron chi connectivity index (χ3n) is 5.86. The lowest BCUT2D eigenvalue weighted by atomic mass is 9.85. The summed E-state index contributed by atoms with van der Waals surface area (Å²) in [6.07, 6.45) is -4.81. The lowest BCUT2D eigenvalue weighted by Crippen LogP contribution is -2.59. The molecule has 190 valence electrons. The van der Waals surface area contributed by atoms with Crippen molar-refractivity contribution in [2.75, 3.05) is 5.73 Å². The Labute approximate surface area is 203 Å². The number of nitrogens with zero attached hydrogens (tertiary/aromatic N) is 2. The van der Waals surface area contributed by atoms with Crippen molar-refractivity contribution >= 4 is 23.6 Å². The summed E-state index contributed by atoms with van der Waals surface area (Å²) in [6.45, 7) is 4.31. The van der Waals surface area contributed by atoms with Gasteiger partial charge in [-0.3, -0.25) is 9.59 Å². The van der Waals surface area contributed by atoms with E-state index in [0.29, 0.717) is 17.3 Å². The molecule has 12 heteroatoms. The number of aryl methyl sites for hydroxylation is 3. The number of amides is 2. The Morgan fingerprint density at radius 1 is 1.06 bits per heavy atom. The maximum absolute atomic E-state index is 13.8. The molecule has 0 spiro atoms. The quantitative estimate of drug-likeness (QED) is 0.364. The van der Waals surface area contributed by atoms with Gasteiger partial charge in [-0.2, -0.15) is 13.2 Å². The van der Waals surface area contributed by atoms with E-state index in [9.17, 15) is 32.7 Å². The van der Waals surface area contributed by atoms with Crippen LogP contribution >= 0.6 is 0 Å². The summed E-state index contributed by atoms with van der Waals surface area (Å²) >= 11 is 0. The molecule has 0 saturated heterocycles. The third-order valence-corrected chi connectivity index (χ3v) is 5.86. The van der Waals surface area contributed by atoms with Crippen molar-refractivity contribution in [1.29, 1.82) is 0 Å². The predicted molar refractivity (Wildman–Crippen MR) is 124 cm³/mol. The highest BCUT2D eigenvalue weighted by atomic mass is 19.4. The fourth-order valence-corrected chi connectivity index (χ4v) is 4.24. The van der Waals surface area contributed by atoms with E-state index >= 15 is 0 Å². The second-order valence-corrected chi connectivity index (χ2v) is 8.27. The zero-order valence-corrected chi connectivity index (χ0v) is 19.6. The fourth-order valence-electron chi connectivity index (χ4n) is 4.24. The summed E-state index contributed by atoms with van der Waals surface area (Å²) < 4.78 is 41.6. The van der Waals surface area contributed by atoms with E-state index in [0.717, 1.165) is 22.8 Å². The van der Waals surface area contributed by atoms with E-state index < -0.39 is 46.3 Å². The molecule has 0 radical (unpaired) electrons. The molecule has 0 unspecified atom stereocenters. The molecule has 0 saturated carbocycles. The van der Waals surface area contributed by atoms with Crippen molar-refractivity contribution in [2.24, 2.45) is 5.73 Å². The van der Waals surface area contributed by atoms with Gasteiger partial charge in [0.25, 0.3) is 11.8 Å². The highest BCUT2D eigenvalue weighted by Crippen LogP contribution is 2.36. The van der Waals surface area contributed by atoms with E-state index in [2.05, 4.69) is 10.3 Å². The molecule has 0 fully saturated rings. The number of carboxylic acid groups (broad SMARTS) is 1. The smallest absolute Gasteiger partial charge is 0.416 e. The first kappa shape index (κ1) is 26.3. The van der Waals surface area contributed by atoms with Gasteiger partial charge in [0.2, 0.25) is 5.54 Å². The molecule has 2 amide bonds. The van der Waals surface area contributed by atoms with Gasteiger partial charge in [0.05, 0.1) is 5.56 Å². The molecule has 0 bridgehead atoms. The number of benzene rings is 1. The van der Waals surface area contributed by atoms with Crippen LogP contribution in [-0.4, -0.2) is 32.4 Å². The van der Waals surface area contributed by atoms with Crippen LogP contribution in [0.25, 0.3) is 0 Å². The SMILES string of the molecule is Cc1cc(C)n([C@@](C(N)=O)(C(=O)NCc2ccc(N)nc2C)c2cccc(C(F)(F)F)c2)c1C(=O)O. The molecular weight excluding hydrogens is 479 g/mol. The first-order chi connectivity index (χ1) is 16.7. The van der Waals surface area contributed by atoms with Gasteiger partial charge in [-0.25, -0.2) is 9.78 Å². The number of halogens is 3. The van der Waals surface area contributed by atoms with Gasteiger partial charge in [-0.1, -0.05) is 18.2 Å². The standard InChI is InChI=1S/C24H24F3N5O4/c1-12-9-13(2)32(19(12)20(33)34)23(21(29)35,16-5-4-6-17(10-16)24(25,26)27)22(36)30-11-15-7-8-18(28)31-14(15)3/h4-10H,11H2,1-3H3,(H2,28,31)(H2,29,35)(H,30,36)(H,33,34)/t23-/m0/s1. The Hall–Kier alpha value is -4.35. The number of aromatic carboxylic acids is 1. The highest BCUT2D eigenvalue weighted by Gasteiger charge is 2.51. The minimum Gasteiger partial charge on any atom is -0.477 e. The Bertz CT molecular complexity index is 1370. The Morgan fingerprint density at radius 3 is 2.25 bits per heavy atom. The molecule has 6 N–H and O–H groups in total. The van der Waals surface area contributed by atoms with Crippen molar-refractivity contribution in [3.05, 3.63) is 81.8 Å². The molecular formula is C24H24F3N5O4. The topological polar surface area (TPSA) is 153 Å². The Balaban J connectivity index is 2.30. The molecule has 2 aromatic heterocycles. The third kappa shape index (κ3) is 4.49. The van der Waals surface area contributed by atoms with Crippen LogP contribution in [0.15, 0.2) is 42.5 Å². The molecule has 0 aliphatic heterocycles. The number of alkyl halides is 3. The van der Waals surface area contributed by atoms with Crippen LogP contribution in [-0.2, 0) is 27.8 Å². The maximum Gasteiger partial charge on any atom is 0.416 e. The summed E-state index contributed by atoms with van der Waals surface area (Å²) in [5.74, 6) is -3.74. The summed E-state index contributed by atoms with van der Waals surface area (Å²) in [6, 6.07) is 7.99.